The van der Waals surface area contributed by atoms with Gasteiger partial charge in [-0.1, -0.05) is 58.1 Å². The van der Waals surface area contributed by atoms with Crippen molar-refractivity contribution >= 4 is 17.6 Å². The normalized spacial score (nSPS) is 15.4. The predicted molar refractivity (Wildman–Crippen MR) is 169 cm³/mol. The van der Waals surface area contributed by atoms with Crippen molar-refractivity contribution in [3.63, 3.8) is 0 Å². The van der Waals surface area contributed by atoms with Crippen LogP contribution in [0.5, 0.6) is 0 Å². The van der Waals surface area contributed by atoms with Crippen molar-refractivity contribution in [1.29, 1.82) is 0 Å². The van der Waals surface area contributed by atoms with Crippen molar-refractivity contribution < 1.29 is 0 Å². The molecule has 2 heterocycles. The van der Waals surface area contributed by atoms with Crippen LogP contribution >= 0.6 is 0 Å². The third-order valence-corrected chi connectivity index (χ3v) is 6.21. The maximum Gasteiger partial charge on any atom is 0.155 e. The molecule has 6 nitrogen and oxygen atoms in total. The Balaban J connectivity index is 0.00000260. The first-order valence-electron chi connectivity index (χ1n) is 14.1. The number of nitrogens with zero attached hydrogens (tertiary/aromatic N) is 6. The lowest BCUT2D eigenvalue weighted by Gasteiger charge is -2.22. The average Bonchev–Trinajstić information content (AvgIpc) is 2.95. The Kier molecular flexibility index (Phi) is 13.1. The van der Waals surface area contributed by atoms with Gasteiger partial charge in [0.25, 0.3) is 0 Å². The van der Waals surface area contributed by atoms with Crippen LogP contribution in [-0.4, -0.2) is 52.7 Å². The van der Waals surface area contributed by atoms with Gasteiger partial charge in [0.15, 0.2) is 5.82 Å². The smallest absolute Gasteiger partial charge is 0.155 e. The zero-order valence-electron chi connectivity index (χ0n) is 25.4. The van der Waals surface area contributed by atoms with Crippen LogP contribution in [0.15, 0.2) is 82.8 Å². The van der Waals surface area contributed by atoms with E-state index in [-0.39, 0.29) is 0 Å². The number of hydrogen-bond acceptors (Lipinski definition) is 6. The number of aliphatic imine (C=N–C) groups is 1. The van der Waals surface area contributed by atoms with Crippen molar-refractivity contribution in [2.75, 3.05) is 32.1 Å². The molecule has 0 amide bonds. The number of aromatic nitrogens is 3. The van der Waals surface area contributed by atoms with Crippen molar-refractivity contribution in [1.82, 2.24) is 19.9 Å². The number of aryl methyl sites for hydroxylation is 1. The van der Waals surface area contributed by atoms with E-state index in [1.165, 1.54) is 5.70 Å². The molecule has 0 radical (unpaired) electrons. The summed E-state index contributed by atoms with van der Waals surface area (Å²) in [5.41, 5.74) is 6.91. The van der Waals surface area contributed by atoms with Crippen molar-refractivity contribution in [2.45, 2.75) is 61.3 Å². The second kappa shape index (κ2) is 16.2. The molecule has 0 bridgehead atoms. The highest BCUT2D eigenvalue weighted by molar-refractivity contribution is 6.12. The Morgan fingerprint density at radius 1 is 1.05 bits per heavy atom. The van der Waals surface area contributed by atoms with Gasteiger partial charge in [0.2, 0.25) is 0 Å². The second-order valence-electron chi connectivity index (χ2n) is 9.20. The van der Waals surface area contributed by atoms with Crippen LogP contribution in [0.1, 0.15) is 65.8 Å². The molecule has 6 heteroatoms. The Morgan fingerprint density at radius 2 is 1.79 bits per heavy atom. The van der Waals surface area contributed by atoms with Crippen molar-refractivity contribution in [2.24, 2.45) is 4.99 Å². The van der Waals surface area contributed by atoms with E-state index in [1.54, 1.807) is 0 Å². The zero-order valence-corrected chi connectivity index (χ0v) is 25.4. The molecule has 0 aliphatic heterocycles. The molecule has 208 valence electrons. The summed E-state index contributed by atoms with van der Waals surface area (Å²) in [5, 5.41) is 0. The quantitative estimate of drug-likeness (QED) is 0.295. The fourth-order valence-corrected chi connectivity index (χ4v) is 4.05. The maximum absolute atomic E-state index is 5.01. The molecule has 1 aliphatic rings. The standard InChI is InChI=1S/C31H40N6.C2H6/c1-8-14-25(33-27-17-12-11-16-26(27)24(5)36(6)7)18-19-29-34-28(31-23(4)15-13-20-32-31)22-30(35-29)37(10-3)21-9-2;1-2/h11-20,22H,8-10,21H2,1-7H3;1-2H3/b19-18+,25-14+,26-24+,33-27-;. The molecule has 3 rings (SSSR count). The molecule has 0 unspecified atom stereocenters. The van der Waals surface area contributed by atoms with Gasteiger partial charge >= 0.3 is 0 Å². The van der Waals surface area contributed by atoms with Gasteiger partial charge in [-0.05, 0) is 63.5 Å². The summed E-state index contributed by atoms with van der Waals surface area (Å²) in [6.45, 7) is 16.5. The van der Waals surface area contributed by atoms with E-state index in [1.807, 2.05) is 44.3 Å². The topological polar surface area (TPSA) is 57.5 Å². The predicted octanol–water partition coefficient (Wildman–Crippen LogP) is 7.82. The van der Waals surface area contributed by atoms with E-state index in [4.69, 9.17) is 15.0 Å². The first-order valence-corrected chi connectivity index (χ1v) is 14.1. The highest BCUT2D eigenvalue weighted by Crippen LogP contribution is 2.24. The molecule has 0 spiro atoms. The van der Waals surface area contributed by atoms with E-state index in [0.29, 0.717) is 5.82 Å². The Bertz CT molecular complexity index is 1260. The van der Waals surface area contributed by atoms with Crippen molar-refractivity contribution in [3.05, 3.63) is 89.2 Å². The lowest BCUT2D eigenvalue weighted by Crippen LogP contribution is -2.25. The minimum atomic E-state index is 0.647. The minimum Gasteiger partial charge on any atom is -0.381 e. The van der Waals surface area contributed by atoms with Gasteiger partial charge in [-0.25, -0.2) is 15.0 Å². The van der Waals surface area contributed by atoms with Gasteiger partial charge < -0.3 is 9.80 Å². The van der Waals surface area contributed by atoms with Crippen LogP contribution in [0.25, 0.3) is 17.5 Å². The average molecular weight is 527 g/mol. The summed E-state index contributed by atoms with van der Waals surface area (Å²) in [7, 11) is 4.11. The minimum absolute atomic E-state index is 0.647. The third-order valence-electron chi connectivity index (χ3n) is 6.21. The molecule has 2 aromatic rings. The zero-order chi connectivity index (χ0) is 28.8. The lowest BCUT2D eigenvalue weighted by molar-refractivity contribution is 0.511. The van der Waals surface area contributed by atoms with Gasteiger partial charge in [-0.2, -0.15) is 0 Å². The molecule has 2 aromatic heterocycles. The second-order valence-corrected chi connectivity index (χ2v) is 9.20. The van der Waals surface area contributed by atoms with E-state index in [9.17, 15) is 0 Å². The molecule has 39 heavy (non-hydrogen) atoms. The third kappa shape index (κ3) is 8.88. The van der Waals surface area contributed by atoms with E-state index in [0.717, 1.165) is 65.7 Å². The highest BCUT2D eigenvalue weighted by Gasteiger charge is 2.13. The number of pyridine rings is 1. The molecule has 0 atom stereocenters. The molecule has 0 N–H and O–H groups in total. The summed E-state index contributed by atoms with van der Waals surface area (Å²) < 4.78 is 0. The van der Waals surface area contributed by atoms with E-state index in [2.05, 4.69) is 99.9 Å². The van der Waals surface area contributed by atoms with Gasteiger partial charge in [0, 0.05) is 50.7 Å². The summed E-state index contributed by atoms with van der Waals surface area (Å²) >= 11 is 0. The van der Waals surface area contributed by atoms with Crippen LogP contribution in [0.3, 0.4) is 0 Å². The molecule has 0 fully saturated rings. The van der Waals surface area contributed by atoms with Crippen molar-refractivity contribution in [3.8, 4) is 11.4 Å². The monoisotopic (exact) mass is 526 g/mol. The van der Waals surface area contributed by atoms with E-state index >= 15 is 0 Å². The summed E-state index contributed by atoms with van der Waals surface area (Å²) in [5.74, 6) is 1.56. The molecular formula is C33H46N6. The van der Waals surface area contributed by atoms with Gasteiger partial charge in [-0.3, -0.25) is 4.98 Å². The highest BCUT2D eigenvalue weighted by atomic mass is 15.2. The van der Waals surface area contributed by atoms with Gasteiger partial charge in [0.05, 0.1) is 22.8 Å². The molecule has 1 aliphatic carbocycles. The van der Waals surface area contributed by atoms with Crippen LogP contribution in [0.2, 0.25) is 0 Å². The van der Waals surface area contributed by atoms with Crippen LogP contribution in [0, 0.1) is 6.92 Å². The fourth-order valence-electron chi connectivity index (χ4n) is 4.05. The van der Waals surface area contributed by atoms with Crippen LogP contribution < -0.4 is 4.90 Å². The Labute approximate surface area is 236 Å². The molecule has 0 aromatic carbocycles. The molecule has 0 saturated heterocycles. The van der Waals surface area contributed by atoms with Gasteiger partial charge in [-0.15, -0.1) is 0 Å². The number of rotatable bonds is 10. The number of anilines is 1. The molecule has 0 saturated carbocycles. The number of allylic oxidation sites excluding steroid dienone is 8. The fraction of sp³-hybridized carbons (Fsp3) is 0.394. The maximum atomic E-state index is 5.01. The SMILES string of the molecule is CC.CC/C=C(\C=C\c1nc(-c2ncccc2C)cc(N(CC)CCC)n1)/N=C1/C=CC=C/C1=C(/C)N(C)C. The summed E-state index contributed by atoms with van der Waals surface area (Å²) in [6.07, 6.45) is 18.1. The Morgan fingerprint density at radius 3 is 2.44 bits per heavy atom. The van der Waals surface area contributed by atoms with Crippen LogP contribution in [0.4, 0.5) is 5.82 Å². The largest absolute Gasteiger partial charge is 0.381 e. The number of hydrogen-bond donors (Lipinski definition) is 0. The van der Waals surface area contributed by atoms with Gasteiger partial charge in [0.1, 0.15) is 5.82 Å². The first kappa shape index (κ1) is 31.4. The Hall–Kier alpha value is -3.80. The summed E-state index contributed by atoms with van der Waals surface area (Å²) in [6, 6.07) is 6.07. The lowest BCUT2D eigenvalue weighted by atomic mass is 10.0. The van der Waals surface area contributed by atoms with E-state index < -0.39 is 0 Å². The molecular weight excluding hydrogens is 480 g/mol. The summed E-state index contributed by atoms with van der Waals surface area (Å²) in [4.78, 5) is 23.8. The first-order chi connectivity index (χ1) is 18.9. The van der Waals surface area contributed by atoms with Crippen LogP contribution in [-0.2, 0) is 0 Å².